The molecule has 1 heterocycles. The molecule has 0 bridgehead atoms. The molecule has 0 aliphatic rings. The second-order valence-electron chi connectivity index (χ2n) is 4.05. The Balaban J connectivity index is 2.30. The Morgan fingerprint density at radius 2 is 2.20 bits per heavy atom. The first-order valence-electron chi connectivity index (χ1n) is 6.12. The summed E-state index contributed by atoms with van der Waals surface area (Å²) in [5, 5.41) is 11.1. The average molecular weight is 290 g/mol. The van der Waals surface area contributed by atoms with Gasteiger partial charge in [-0.25, -0.2) is 4.99 Å². The molecule has 0 aliphatic carbocycles. The zero-order valence-corrected chi connectivity index (χ0v) is 12.0. The lowest BCUT2D eigenvalue weighted by molar-refractivity contribution is -0.384. The maximum Gasteiger partial charge on any atom is 0.298 e. The number of nitro benzene ring substituents is 1. The van der Waals surface area contributed by atoms with Crippen LogP contribution in [0.15, 0.2) is 35.3 Å². The Morgan fingerprint density at radius 3 is 2.80 bits per heavy atom. The van der Waals surface area contributed by atoms with Crippen LogP contribution in [-0.4, -0.2) is 17.7 Å². The van der Waals surface area contributed by atoms with Gasteiger partial charge in [-0.15, -0.1) is 11.3 Å². The van der Waals surface area contributed by atoms with E-state index in [4.69, 9.17) is 4.74 Å². The number of aliphatic imine (C=N–C) groups is 1. The molecule has 0 spiro atoms. The van der Waals surface area contributed by atoms with Crippen LogP contribution in [0.25, 0.3) is 0 Å². The van der Waals surface area contributed by atoms with E-state index in [0.717, 1.165) is 4.88 Å². The Morgan fingerprint density at radius 1 is 1.40 bits per heavy atom. The van der Waals surface area contributed by atoms with Gasteiger partial charge in [-0.1, -0.05) is 0 Å². The first-order valence-corrected chi connectivity index (χ1v) is 6.93. The molecule has 2 rings (SSSR count). The minimum absolute atomic E-state index is 0.0551. The van der Waals surface area contributed by atoms with Crippen LogP contribution in [0.5, 0.6) is 5.75 Å². The fourth-order valence-electron chi connectivity index (χ4n) is 1.67. The minimum atomic E-state index is -0.450. The Labute approximate surface area is 120 Å². The predicted molar refractivity (Wildman–Crippen MR) is 80.6 cm³/mol. The zero-order valence-electron chi connectivity index (χ0n) is 11.2. The van der Waals surface area contributed by atoms with Crippen LogP contribution >= 0.6 is 11.3 Å². The van der Waals surface area contributed by atoms with Gasteiger partial charge < -0.3 is 4.74 Å². The van der Waals surface area contributed by atoms with E-state index in [1.807, 2.05) is 26.0 Å². The molecule has 0 unspecified atom stereocenters. The highest BCUT2D eigenvalue weighted by Gasteiger charge is 2.14. The highest BCUT2D eigenvalue weighted by atomic mass is 32.1. The van der Waals surface area contributed by atoms with Gasteiger partial charge in [-0.2, -0.15) is 0 Å². The van der Waals surface area contributed by atoms with Crippen LogP contribution in [0.3, 0.4) is 0 Å². The molecule has 5 nitrogen and oxygen atoms in total. The van der Waals surface area contributed by atoms with Crippen LogP contribution in [-0.2, 0) is 0 Å². The van der Waals surface area contributed by atoms with E-state index in [9.17, 15) is 10.1 Å². The van der Waals surface area contributed by atoms with Crippen molar-refractivity contribution in [1.82, 2.24) is 0 Å². The van der Waals surface area contributed by atoms with Gasteiger partial charge in [0.1, 0.15) is 11.4 Å². The summed E-state index contributed by atoms with van der Waals surface area (Å²) in [7, 11) is 0. The lowest BCUT2D eigenvalue weighted by Gasteiger charge is -2.03. The topological polar surface area (TPSA) is 64.7 Å². The third-order valence-electron chi connectivity index (χ3n) is 2.55. The summed E-state index contributed by atoms with van der Waals surface area (Å²) >= 11 is 1.59. The molecule has 0 saturated carbocycles. The number of aryl methyl sites for hydroxylation is 1. The Bertz CT molecular complexity index is 650. The average Bonchev–Trinajstić information content (AvgIpc) is 2.83. The van der Waals surface area contributed by atoms with Gasteiger partial charge in [0.15, 0.2) is 0 Å². The van der Waals surface area contributed by atoms with Crippen LogP contribution < -0.4 is 4.74 Å². The molecule has 0 atom stereocenters. The second-order valence-corrected chi connectivity index (χ2v) is 5.37. The van der Waals surface area contributed by atoms with Crippen molar-refractivity contribution in [3.05, 3.63) is 50.2 Å². The third-order valence-corrected chi connectivity index (χ3v) is 3.48. The largest absolute Gasteiger partial charge is 0.494 e. The summed E-state index contributed by atoms with van der Waals surface area (Å²) in [4.78, 5) is 17.0. The van der Waals surface area contributed by atoms with Gasteiger partial charge in [0.25, 0.3) is 5.69 Å². The molecule has 1 aromatic heterocycles. The molecule has 20 heavy (non-hydrogen) atoms. The summed E-state index contributed by atoms with van der Waals surface area (Å²) in [6.07, 6.45) is 1.64. The molecule has 2 aromatic rings. The minimum Gasteiger partial charge on any atom is -0.494 e. The number of thiophene rings is 1. The second kappa shape index (κ2) is 6.29. The number of nitro groups is 1. The third kappa shape index (κ3) is 3.42. The number of hydrogen-bond donors (Lipinski definition) is 0. The van der Waals surface area contributed by atoms with Gasteiger partial charge >= 0.3 is 0 Å². The van der Waals surface area contributed by atoms with Crippen molar-refractivity contribution in [3.63, 3.8) is 0 Å². The van der Waals surface area contributed by atoms with E-state index in [0.29, 0.717) is 18.0 Å². The molecule has 0 saturated heterocycles. The normalized spacial score (nSPS) is 10.9. The van der Waals surface area contributed by atoms with E-state index in [-0.39, 0.29) is 5.69 Å². The number of ether oxygens (including phenoxy) is 1. The maximum atomic E-state index is 11.1. The van der Waals surface area contributed by atoms with Crippen LogP contribution in [0, 0.1) is 17.0 Å². The van der Waals surface area contributed by atoms with Crippen molar-refractivity contribution >= 4 is 28.9 Å². The van der Waals surface area contributed by atoms with E-state index in [1.54, 1.807) is 29.7 Å². The number of nitrogens with zero attached hydrogens (tertiary/aromatic N) is 2. The van der Waals surface area contributed by atoms with Crippen molar-refractivity contribution in [2.24, 2.45) is 4.99 Å². The maximum absolute atomic E-state index is 11.1. The van der Waals surface area contributed by atoms with E-state index in [2.05, 4.69) is 4.99 Å². The monoisotopic (exact) mass is 290 g/mol. The number of benzene rings is 1. The number of rotatable bonds is 5. The van der Waals surface area contributed by atoms with Gasteiger partial charge in [-0.05, 0) is 38.1 Å². The zero-order chi connectivity index (χ0) is 14.5. The summed E-state index contributed by atoms with van der Waals surface area (Å²) in [5.74, 6) is 0.477. The molecule has 1 aromatic carbocycles. The molecular formula is C14H14N2O3S. The number of hydrogen-bond acceptors (Lipinski definition) is 5. The molecule has 6 heteroatoms. The highest BCUT2D eigenvalue weighted by molar-refractivity contribution is 7.13. The molecule has 0 fully saturated rings. The van der Waals surface area contributed by atoms with Crippen molar-refractivity contribution in [2.45, 2.75) is 13.8 Å². The van der Waals surface area contributed by atoms with Gasteiger partial charge in [0, 0.05) is 16.0 Å². The molecule has 0 N–H and O–H groups in total. The van der Waals surface area contributed by atoms with Crippen LogP contribution in [0.4, 0.5) is 11.4 Å². The van der Waals surface area contributed by atoms with Crippen LogP contribution in [0.1, 0.15) is 16.7 Å². The highest BCUT2D eigenvalue weighted by Crippen LogP contribution is 2.31. The van der Waals surface area contributed by atoms with Crippen molar-refractivity contribution in [2.75, 3.05) is 6.61 Å². The summed E-state index contributed by atoms with van der Waals surface area (Å²) in [5.41, 5.74) is 0.269. The Kier molecular flexibility index (Phi) is 4.47. The molecule has 0 aliphatic heterocycles. The molecule has 0 radical (unpaired) electrons. The lowest BCUT2D eigenvalue weighted by Crippen LogP contribution is -1.94. The first kappa shape index (κ1) is 14.2. The van der Waals surface area contributed by atoms with Gasteiger partial charge in [-0.3, -0.25) is 10.1 Å². The lowest BCUT2D eigenvalue weighted by atomic mass is 10.2. The van der Waals surface area contributed by atoms with E-state index in [1.165, 1.54) is 10.9 Å². The smallest absolute Gasteiger partial charge is 0.298 e. The van der Waals surface area contributed by atoms with Crippen LogP contribution in [0.2, 0.25) is 0 Å². The Hall–Kier alpha value is -2.21. The summed E-state index contributed by atoms with van der Waals surface area (Å²) < 4.78 is 5.26. The van der Waals surface area contributed by atoms with E-state index < -0.39 is 4.92 Å². The fourth-order valence-corrected chi connectivity index (χ4v) is 2.42. The standard InChI is InChI=1S/C14H14N2O3S/c1-3-19-11-5-7-13(14(8-11)16(17)18)15-9-12-6-4-10(2)20-12/h4-9H,3H2,1-2H3. The summed E-state index contributed by atoms with van der Waals surface area (Å²) in [6, 6.07) is 8.60. The van der Waals surface area contributed by atoms with Crippen molar-refractivity contribution < 1.29 is 9.66 Å². The summed E-state index contributed by atoms with van der Waals surface area (Å²) in [6.45, 7) is 4.30. The molecular weight excluding hydrogens is 276 g/mol. The first-order chi connectivity index (χ1) is 9.60. The van der Waals surface area contributed by atoms with Crippen molar-refractivity contribution in [1.29, 1.82) is 0 Å². The molecule has 104 valence electrons. The van der Waals surface area contributed by atoms with E-state index >= 15 is 0 Å². The quantitative estimate of drug-likeness (QED) is 0.473. The fraction of sp³-hybridized carbons (Fsp3) is 0.214. The van der Waals surface area contributed by atoms with Gasteiger partial charge in [0.05, 0.1) is 17.6 Å². The predicted octanol–water partition coefficient (Wildman–Crippen LogP) is 4.11. The molecule has 0 amide bonds. The SMILES string of the molecule is CCOc1ccc(N=Cc2ccc(C)s2)c([N+](=O)[O-])c1. The van der Waals surface area contributed by atoms with Gasteiger partial charge in [0.2, 0.25) is 0 Å². The van der Waals surface area contributed by atoms with Crippen molar-refractivity contribution in [3.8, 4) is 5.75 Å².